The van der Waals surface area contributed by atoms with Gasteiger partial charge in [-0.25, -0.2) is 4.68 Å². The van der Waals surface area contributed by atoms with Crippen LogP contribution in [0.3, 0.4) is 0 Å². The van der Waals surface area contributed by atoms with Crippen LogP contribution in [-0.2, 0) is 11.5 Å². The van der Waals surface area contributed by atoms with E-state index in [9.17, 15) is 4.79 Å². The van der Waals surface area contributed by atoms with Gasteiger partial charge in [0.2, 0.25) is 0 Å². The molecular formula is C13H19N3O2Si. The summed E-state index contributed by atoms with van der Waals surface area (Å²) in [6.07, 6.45) is 0.808. The number of carbonyl (C=O) groups excluding carboxylic acids is 1. The van der Waals surface area contributed by atoms with Crippen LogP contribution in [0.2, 0.25) is 25.7 Å². The summed E-state index contributed by atoms with van der Waals surface area (Å²) < 4.78 is 7.36. The maximum absolute atomic E-state index is 10.7. The lowest BCUT2D eigenvalue weighted by atomic mass is 10.2. The number of aromatic nitrogens is 3. The molecule has 0 N–H and O–H groups in total. The highest BCUT2D eigenvalue weighted by Crippen LogP contribution is 2.13. The van der Waals surface area contributed by atoms with Crippen molar-refractivity contribution in [2.45, 2.75) is 32.4 Å². The highest BCUT2D eigenvalue weighted by Gasteiger charge is 2.12. The van der Waals surface area contributed by atoms with Gasteiger partial charge in [0, 0.05) is 20.2 Å². The van der Waals surface area contributed by atoms with Crippen molar-refractivity contribution in [3.05, 3.63) is 23.8 Å². The van der Waals surface area contributed by atoms with Crippen molar-refractivity contribution in [2.75, 3.05) is 6.61 Å². The number of rotatable bonds is 6. The standard InChI is InChI=1S/C13H19N3O2Si/c1-19(2,3)7-6-18-10-16-13-5-4-11(9-17)8-12(13)14-15-16/h4-5,8-9H,6-7,10H2,1-3H3. The molecule has 2 rings (SSSR count). The molecule has 0 aliphatic rings. The minimum Gasteiger partial charge on any atom is -0.359 e. The van der Waals surface area contributed by atoms with Crippen LogP contribution in [0.5, 0.6) is 0 Å². The van der Waals surface area contributed by atoms with E-state index in [0.29, 0.717) is 12.3 Å². The molecule has 6 heteroatoms. The maximum atomic E-state index is 10.7. The van der Waals surface area contributed by atoms with E-state index in [1.54, 1.807) is 16.8 Å². The lowest BCUT2D eigenvalue weighted by Gasteiger charge is -2.15. The molecule has 0 saturated heterocycles. The summed E-state index contributed by atoms with van der Waals surface area (Å²) in [5.41, 5.74) is 2.22. The minimum absolute atomic E-state index is 0.404. The van der Waals surface area contributed by atoms with E-state index in [0.717, 1.165) is 30.0 Å². The van der Waals surface area contributed by atoms with E-state index in [2.05, 4.69) is 30.0 Å². The fraction of sp³-hybridized carbons (Fsp3) is 0.462. The third-order valence-corrected chi connectivity index (χ3v) is 4.59. The van der Waals surface area contributed by atoms with Gasteiger partial charge in [0.1, 0.15) is 18.5 Å². The van der Waals surface area contributed by atoms with Gasteiger partial charge in [0.25, 0.3) is 0 Å². The number of hydrogen-bond donors (Lipinski definition) is 0. The molecule has 1 aromatic carbocycles. The van der Waals surface area contributed by atoms with Gasteiger partial charge in [-0.3, -0.25) is 4.79 Å². The second-order valence-corrected chi connectivity index (χ2v) is 11.4. The van der Waals surface area contributed by atoms with Crippen LogP contribution < -0.4 is 0 Å². The zero-order valence-corrected chi connectivity index (χ0v) is 12.6. The van der Waals surface area contributed by atoms with Crippen LogP contribution in [0.15, 0.2) is 18.2 Å². The Kier molecular flexibility index (Phi) is 4.11. The van der Waals surface area contributed by atoms with Gasteiger partial charge in [0.05, 0.1) is 5.52 Å². The largest absolute Gasteiger partial charge is 0.359 e. The van der Waals surface area contributed by atoms with Gasteiger partial charge in [-0.15, -0.1) is 5.10 Å². The maximum Gasteiger partial charge on any atom is 0.150 e. The molecule has 0 spiro atoms. The Hall–Kier alpha value is -1.53. The molecule has 0 amide bonds. The highest BCUT2D eigenvalue weighted by atomic mass is 28.3. The Labute approximate surface area is 113 Å². The predicted octanol–water partition coefficient (Wildman–Crippen LogP) is 2.56. The Morgan fingerprint density at radius 2 is 2.16 bits per heavy atom. The SMILES string of the molecule is C[Si](C)(C)CCOCn1nnc2cc(C=O)ccc21. The normalized spacial score (nSPS) is 11.9. The second kappa shape index (κ2) is 5.62. The highest BCUT2D eigenvalue weighted by molar-refractivity contribution is 6.76. The first kappa shape index (κ1) is 13.9. The molecule has 0 unspecified atom stereocenters. The van der Waals surface area contributed by atoms with Crippen molar-refractivity contribution in [3.8, 4) is 0 Å². The van der Waals surface area contributed by atoms with E-state index in [-0.39, 0.29) is 0 Å². The third-order valence-electron chi connectivity index (χ3n) is 2.88. The van der Waals surface area contributed by atoms with Gasteiger partial charge in [0.15, 0.2) is 0 Å². The number of fused-ring (bicyclic) bond motifs is 1. The van der Waals surface area contributed by atoms with Crippen LogP contribution in [0, 0.1) is 0 Å². The first-order valence-corrected chi connectivity index (χ1v) is 10.1. The summed E-state index contributed by atoms with van der Waals surface area (Å²) >= 11 is 0. The second-order valence-electron chi connectivity index (χ2n) is 5.80. The summed E-state index contributed by atoms with van der Waals surface area (Å²) in [4.78, 5) is 10.7. The molecule has 0 saturated carbocycles. The number of ether oxygens (including phenoxy) is 1. The monoisotopic (exact) mass is 277 g/mol. The van der Waals surface area contributed by atoms with Gasteiger partial charge in [-0.2, -0.15) is 0 Å². The smallest absolute Gasteiger partial charge is 0.150 e. The molecule has 1 aromatic heterocycles. The molecule has 0 bridgehead atoms. The Bertz CT molecular complexity index is 575. The molecule has 19 heavy (non-hydrogen) atoms. The summed E-state index contributed by atoms with van der Waals surface area (Å²) in [6.45, 7) is 8.12. The number of aldehydes is 1. The molecule has 0 radical (unpaired) electrons. The fourth-order valence-electron chi connectivity index (χ4n) is 1.69. The molecule has 0 aliphatic heterocycles. The Morgan fingerprint density at radius 1 is 1.37 bits per heavy atom. The molecule has 102 valence electrons. The average Bonchev–Trinajstić information content (AvgIpc) is 2.75. The fourth-order valence-corrected chi connectivity index (χ4v) is 2.44. The first-order valence-electron chi connectivity index (χ1n) is 6.36. The average molecular weight is 277 g/mol. The lowest BCUT2D eigenvalue weighted by molar-refractivity contribution is 0.0803. The summed E-state index contributed by atoms with van der Waals surface area (Å²) in [6, 6.07) is 6.47. The topological polar surface area (TPSA) is 57.0 Å². The van der Waals surface area contributed by atoms with Crippen molar-refractivity contribution in [3.63, 3.8) is 0 Å². The van der Waals surface area contributed by atoms with E-state index < -0.39 is 8.07 Å². The zero-order chi connectivity index (χ0) is 13.9. The van der Waals surface area contributed by atoms with Crippen LogP contribution in [0.25, 0.3) is 11.0 Å². The molecule has 0 fully saturated rings. The van der Waals surface area contributed by atoms with Crippen molar-refractivity contribution in [1.82, 2.24) is 15.0 Å². The number of carbonyl (C=O) groups is 1. The van der Waals surface area contributed by atoms with Gasteiger partial charge >= 0.3 is 0 Å². The van der Waals surface area contributed by atoms with Crippen molar-refractivity contribution in [1.29, 1.82) is 0 Å². The molecular weight excluding hydrogens is 258 g/mol. The first-order chi connectivity index (χ1) is 8.99. The van der Waals surface area contributed by atoms with Crippen molar-refractivity contribution >= 4 is 25.4 Å². The van der Waals surface area contributed by atoms with Gasteiger partial charge in [-0.05, 0) is 24.2 Å². The van der Waals surface area contributed by atoms with E-state index in [4.69, 9.17) is 4.74 Å². The molecule has 2 aromatic rings. The quantitative estimate of drug-likeness (QED) is 0.462. The summed E-state index contributed by atoms with van der Waals surface area (Å²) in [7, 11) is -1.05. The van der Waals surface area contributed by atoms with Gasteiger partial charge < -0.3 is 4.74 Å². The lowest BCUT2D eigenvalue weighted by Crippen LogP contribution is -2.22. The Morgan fingerprint density at radius 3 is 2.84 bits per heavy atom. The van der Waals surface area contributed by atoms with E-state index in [1.165, 1.54) is 0 Å². The zero-order valence-electron chi connectivity index (χ0n) is 11.6. The van der Waals surface area contributed by atoms with Crippen molar-refractivity contribution in [2.24, 2.45) is 0 Å². The van der Waals surface area contributed by atoms with Crippen LogP contribution in [0.1, 0.15) is 10.4 Å². The molecule has 5 nitrogen and oxygen atoms in total. The van der Waals surface area contributed by atoms with E-state index in [1.807, 2.05) is 6.07 Å². The summed E-state index contributed by atoms with van der Waals surface area (Å²) in [5.74, 6) is 0. The van der Waals surface area contributed by atoms with Crippen LogP contribution in [-0.4, -0.2) is 36.0 Å². The molecule has 1 heterocycles. The van der Waals surface area contributed by atoms with E-state index >= 15 is 0 Å². The minimum atomic E-state index is -1.05. The van der Waals surface area contributed by atoms with Crippen LogP contribution in [0.4, 0.5) is 0 Å². The van der Waals surface area contributed by atoms with Crippen molar-refractivity contribution < 1.29 is 9.53 Å². The third kappa shape index (κ3) is 3.71. The number of benzene rings is 1. The van der Waals surface area contributed by atoms with Crippen LogP contribution >= 0.6 is 0 Å². The number of hydrogen-bond acceptors (Lipinski definition) is 4. The molecule has 0 aliphatic carbocycles. The van der Waals surface area contributed by atoms with Gasteiger partial charge in [-0.1, -0.05) is 24.9 Å². The molecule has 0 atom stereocenters. The predicted molar refractivity (Wildman–Crippen MR) is 77.0 cm³/mol. The number of nitrogens with zero attached hydrogens (tertiary/aromatic N) is 3. The Balaban J connectivity index is 2.00. The summed E-state index contributed by atoms with van der Waals surface area (Å²) in [5, 5.41) is 8.08.